The van der Waals surface area contributed by atoms with Crippen molar-refractivity contribution in [2.24, 2.45) is 5.73 Å². The molecular weight excluding hydrogens is 212 g/mol. The fourth-order valence-electron chi connectivity index (χ4n) is 0.927. The van der Waals surface area contributed by atoms with Gasteiger partial charge in [0, 0.05) is 12.3 Å². The second-order valence-corrected chi connectivity index (χ2v) is 4.79. The van der Waals surface area contributed by atoms with Crippen LogP contribution in [0, 0.1) is 0 Å². The summed E-state index contributed by atoms with van der Waals surface area (Å²) in [7, 11) is 4.09. The van der Waals surface area contributed by atoms with Gasteiger partial charge in [0.1, 0.15) is 6.04 Å². The van der Waals surface area contributed by atoms with E-state index in [4.69, 9.17) is 10.5 Å². The van der Waals surface area contributed by atoms with E-state index in [2.05, 4.69) is 4.90 Å². The van der Waals surface area contributed by atoms with E-state index in [0.717, 1.165) is 18.1 Å². The lowest BCUT2D eigenvalue weighted by molar-refractivity contribution is -0.144. The van der Waals surface area contributed by atoms with Crippen molar-refractivity contribution in [3.63, 3.8) is 0 Å². The maximum atomic E-state index is 11.2. The van der Waals surface area contributed by atoms with E-state index in [9.17, 15) is 4.79 Å². The number of nitrogens with two attached hydrogens (primary N) is 1. The maximum absolute atomic E-state index is 11.2. The molecule has 0 aliphatic rings. The molecule has 0 saturated carbocycles. The van der Waals surface area contributed by atoms with E-state index in [1.54, 1.807) is 6.92 Å². The first-order chi connectivity index (χ1) is 7.07. The molecular formula is C10H22N2O2S. The zero-order chi connectivity index (χ0) is 11.7. The second kappa shape index (κ2) is 9.00. The van der Waals surface area contributed by atoms with Gasteiger partial charge in [0.15, 0.2) is 0 Å². The standard InChI is InChI=1S/C10H22N2O2S/c1-4-14-10(13)9(11)5-7-15-8-6-12(2)3/h9H,4-8,11H2,1-3H3. The van der Waals surface area contributed by atoms with E-state index in [0.29, 0.717) is 13.0 Å². The summed E-state index contributed by atoms with van der Waals surface area (Å²) in [6, 6.07) is -0.461. The van der Waals surface area contributed by atoms with Gasteiger partial charge in [-0.3, -0.25) is 4.79 Å². The highest BCUT2D eigenvalue weighted by molar-refractivity contribution is 7.99. The summed E-state index contributed by atoms with van der Waals surface area (Å²) in [5, 5.41) is 0. The number of thioether (sulfide) groups is 1. The smallest absolute Gasteiger partial charge is 0.322 e. The summed E-state index contributed by atoms with van der Waals surface area (Å²) < 4.78 is 4.82. The Morgan fingerprint density at radius 2 is 2.13 bits per heavy atom. The van der Waals surface area contributed by atoms with Gasteiger partial charge in [-0.1, -0.05) is 0 Å². The van der Waals surface area contributed by atoms with Crippen LogP contribution in [0.4, 0.5) is 0 Å². The fourth-order valence-corrected chi connectivity index (χ4v) is 2.05. The fraction of sp³-hybridized carbons (Fsp3) is 0.900. The topological polar surface area (TPSA) is 55.6 Å². The molecule has 5 heteroatoms. The molecule has 1 unspecified atom stereocenters. The van der Waals surface area contributed by atoms with Crippen molar-refractivity contribution in [2.75, 3.05) is 38.8 Å². The third-order valence-electron chi connectivity index (χ3n) is 1.85. The van der Waals surface area contributed by atoms with Gasteiger partial charge in [-0.05, 0) is 33.2 Å². The SMILES string of the molecule is CCOC(=O)C(N)CCSCCN(C)C. The van der Waals surface area contributed by atoms with E-state index >= 15 is 0 Å². The molecule has 0 aromatic rings. The quantitative estimate of drug-likeness (QED) is 0.491. The van der Waals surface area contributed by atoms with Crippen LogP contribution in [0.5, 0.6) is 0 Å². The number of hydrogen-bond donors (Lipinski definition) is 1. The van der Waals surface area contributed by atoms with Gasteiger partial charge in [0.25, 0.3) is 0 Å². The third-order valence-corrected chi connectivity index (χ3v) is 2.84. The lowest BCUT2D eigenvalue weighted by atomic mass is 10.2. The third kappa shape index (κ3) is 8.72. The molecule has 0 amide bonds. The van der Waals surface area contributed by atoms with Gasteiger partial charge in [0.05, 0.1) is 6.61 Å². The minimum atomic E-state index is -0.461. The highest BCUT2D eigenvalue weighted by Crippen LogP contribution is 2.04. The number of carbonyl (C=O) groups is 1. The van der Waals surface area contributed by atoms with E-state index in [1.807, 2.05) is 25.9 Å². The predicted molar refractivity (Wildman–Crippen MR) is 65.1 cm³/mol. The Balaban J connectivity index is 3.38. The zero-order valence-corrected chi connectivity index (χ0v) is 10.7. The van der Waals surface area contributed by atoms with Crippen molar-refractivity contribution in [3.8, 4) is 0 Å². The second-order valence-electron chi connectivity index (χ2n) is 3.56. The van der Waals surface area contributed by atoms with Crippen molar-refractivity contribution in [2.45, 2.75) is 19.4 Å². The summed E-state index contributed by atoms with van der Waals surface area (Å²) in [4.78, 5) is 13.3. The predicted octanol–water partition coefficient (Wildman–Crippen LogP) is 0.562. The van der Waals surface area contributed by atoms with Crippen molar-refractivity contribution in [1.29, 1.82) is 0 Å². The van der Waals surface area contributed by atoms with Gasteiger partial charge >= 0.3 is 5.97 Å². The van der Waals surface area contributed by atoms with Gasteiger partial charge < -0.3 is 15.4 Å². The Hall–Kier alpha value is -0.260. The van der Waals surface area contributed by atoms with Crippen molar-refractivity contribution >= 4 is 17.7 Å². The first-order valence-electron chi connectivity index (χ1n) is 5.22. The first kappa shape index (κ1) is 14.7. The highest BCUT2D eigenvalue weighted by atomic mass is 32.2. The average molecular weight is 234 g/mol. The summed E-state index contributed by atoms with van der Waals surface area (Å²) >= 11 is 1.82. The molecule has 0 aromatic carbocycles. The van der Waals surface area contributed by atoms with Gasteiger partial charge in [-0.25, -0.2) is 0 Å². The average Bonchev–Trinajstić information content (AvgIpc) is 2.16. The summed E-state index contributed by atoms with van der Waals surface area (Å²) in [6.07, 6.45) is 0.691. The maximum Gasteiger partial charge on any atom is 0.322 e. The summed E-state index contributed by atoms with van der Waals surface area (Å²) in [5.41, 5.74) is 5.65. The van der Waals surface area contributed by atoms with Gasteiger partial charge in [-0.15, -0.1) is 0 Å². The lowest BCUT2D eigenvalue weighted by Crippen LogP contribution is -2.32. The van der Waals surface area contributed by atoms with Gasteiger partial charge in [-0.2, -0.15) is 11.8 Å². The molecule has 4 nitrogen and oxygen atoms in total. The van der Waals surface area contributed by atoms with Crippen LogP contribution >= 0.6 is 11.8 Å². The monoisotopic (exact) mass is 234 g/mol. The van der Waals surface area contributed by atoms with Crippen molar-refractivity contribution in [3.05, 3.63) is 0 Å². The van der Waals surface area contributed by atoms with Crippen LogP contribution in [0.25, 0.3) is 0 Å². The minimum Gasteiger partial charge on any atom is -0.465 e. The van der Waals surface area contributed by atoms with Crippen LogP contribution in [-0.4, -0.2) is 55.7 Å². The molecule has 0 spiro atoms. The molecule has 0 saturated heterocycles. The van der Waals surface area contributed by atoms with Crippen LogP contribution in [0.2, 0.25) is 0 Å². The Morgan fingerprint density at radius 1 is 1.47 bits per heavy atom. The Kier molecular flexibility index (Phi) is 8.85. The normalized spacial score (nSPS) is 12.9. The lowest BCUT2D eigenvalue weighted by Gasteiger charge is -2.11. The Labute approximate surface area is 96.5 Å². The molecule has 0 aromatic heterocycles. The van der Waals surface area contributed by atoms with E-state index in [-0.39, 0.29) is 5.97 Å². The molecule has 0 radical (unpaired) electrons. The van der Waals surface area contributed by atoms with Crippen LogP contribution in [0.3, 0.4) is 0 Å². The van der Waals surface area contributed by atoms with Crippen molar-refractivity contribution in [1.82, 2.24) is 4.90 Å². The van der Waals surface area contributed by atoms with Gasteiger partial charge in [0.2, 0.25) is 0 Å². The van der Waals surface area contributed by atoms with E-state index in [1.165, 1.54) is 0 Å². The molecule has 15 heavy (non-hydrogen) atoms. The van der Waals surface area contributed by atoms with E-state index < -0.39 is 6.04 Å². The number of hydrogen-bond acceptors (Lipinski definition) is 5. The Bertz CT molecular complexity index is 177. The van der Waals surface area contributed by atoms with Crippen LogP contribution < -0.4 is 5.73 Å². The number of esters is 1. The molecule has 0 heterocycles. The van der Waals surface area contributed by atoms with Crippen LogP contribution in [0.15, 0.2) is 0 Å². The summed E-state index contributed by atoms with van der Waals surface area (Å²) in [6.45, 7) is 3.25. The molecule has 90 valence electrons. The molecule has 0 aliphatic heterocycles. The molecule has 1 atom stereocenters. The largest absolute Gasteiger partial charge is 0.465 e. The molecule has 0 rings (SSSR count). The molecule has 0 aliphatic carbocycles. The summed E-state index contributed by atoms with van der Waals surface area (Å²) in [5.74, 6) is 1.70. The minimum absolute atomic E-state index is 0.286. The van der Waals surface area contributed by atoms with Crippen molar-refractivity contribution < 1.29 is 9.53 Å². The number of nitrogens with zero attached hydrogens (tertiary/aromatic N) is 1. The van der Waals surface area contributed by atoms with Crippen LogP contribution in [0.1, 0.15) is 13.3 Å². The highest BCUT2D eigenvalue weighted by Gasteiger charge is 2.13. The first-order valence-corrected chi connectivity index (χ1v) is 6.38. The zero-order valence-electron chi connectivity index (χ0n) is 9.86. The number of carbonyl (C=O) groups excluding carboxylic acids is 1. The number of ether oxygens (including phenoxy) is 1. The molecule has 0 bridgehead atoms. The molecule has 0 fully saturated rings. The van der Waals surface area contributed by atoms with Crippen LogP contribution in [-0.2, 0) is 9.53 Å². The molecule has 2 N–H and O–H groups in total. The Morgan fingerprint density at radius 3 is 2.67 bits per heavy atom. The number of rotatable bonds is 8.